The van der Waals surface area contributed by atoms with E-state index in [1.165, 1.54) is 5.56 Å². The molecule has 0 fully saturated rings. The Hall–Kier alpha value is -1.80. The topological polar surface area (TPSA) is 21.3 Å². The van der Waals surface area contributed by atoms with Crippen LogP contribution in [0.4, 0.5) is 0 Å². The number of para-hydroxylation sites is 1. The SMILES string of the molecule is CCNC(C)CCc1cccc(Oc2ccccc2)c1. The molecular formula is C18H23NO. The quantitative estimate of drug-likeness (QED) is 0.804. The second kappa shape index (κ2) is 7.71. The summed E-state index contributed by atoms with van der Waals surface area (Å²) in [6.07, 6.45) is 2.21. The van der Waals surface area contributed by atoms with Crippen molar-refractivity contribution in [3.8, 4) is 11.5 Å². The van der Waals surface area contributed by atoms with E-state index in [1.807, 2.05) is 36.4 Å². The van der Waals surface area contributed by atoms with Gasteiger partial charge < -0.3 is 10.1 Å². The molecule has 0 heterocycles. The highest BCUT2D eigenvalue weighted by Gasteiger charge is 2.02. The van der Waals surface area contributed by atoms with E-state index in [4.69, 9.17) is 4.74 Å². The summed E-state index contributed by atoms with van der Waals surface area (Å²) >= 11 is 0. The number of benzene rings is 2. The van der Waals surface area contributed by atoms with Crippen LogP contribution in [-0.4, -0.2) is 12.6 Å². The van der Waals surface area contributed by atoms with Gasteiger partial charge in [-0.3, -0.25) is 0 Å². The first kappa shape index (κ1) is 14.6. The van der Waals surface area contributed by atoms with E-state index in [2.05, 4.69) is 37.4 Å². The molecule has 2 heteroatoms. The van der Waals surface area contributed by atoms with E-state index in [0.717, 1.165) is 30.9 Å². The van der Waals surface area contributed by atoms with Crippen molar-refractivity contribution in [2.24, 2.45) is 0 Å². The normalized spacial score (nSPS) is 12.1. The van der Waals surface area contributed by atoms with Gasteiger partial charge in [0.05, 0.1) is 0 Å². The Labute approximate surface area is 121 Å². The highest BCUT2D eigenvalue weighted by atomic mass is 16.5. The van der Waals surface area contributed by atoms with Crippen molar-refractivity contribution in [1.29, 1.82) is 0 Å². The molecule has 0 aliphatic heterocycles. The molecule has 0 spiro atoms. The molecule has 2 nitrogen and oxygen atoms in total. The molecule has 106 valence electrons. The van der Waals surface area contributed by atoms with Crippen molar-refractivity contribution in [3.05, 3.63) is 60.2 Å². The molecule has 0 aromatic heterocycles. The fraction of sp³-hybridized carbons (Fsp3) is 0.333. The van der Waals surface area contributed by atoms with Crippen LogP contribution in [0.25, 0.3) is 0 Å². The van der Waals surface area contributed by atoms with Crippen LogP contribution in [0.1, 0.15) is 25.8 Å². The molecule has 1 atom stereocenters. The summed E-state index contributed by atoms with van der Waals surface area (Å²) in [7, 11) is 0. The Morgan fingerprint density at radius 3 is 2.50 bits per heavy atom. The van der Waals surface area contributed by atoms with E-state index in [9.17, 15) is 0 Å². The van der Waals surface area contributed by atoms with Gasteiger partial charge in [0, 0.05) is 6.04 Å². The molecule has 1 N–H and O–H groups in total. The average molecular weight is 269 g/mol. The summed E-state index contributed by atoms with van der Waals surface area (Å²) in [4.78, 5) is 0. The van der Waals surface area contributed by atoms with Crippen LogP contribution in [0.15, 0.2) is 54.6 Å². The van der Waals surface area contributed by atoms with Crippen LogP contribution in [0.2, 0.25) is 0 Å². The standard InChI is InChI=1S/C18H23NO/c1-3-19-15(2)12-13-16-8-7-11-18(14-16)20-17-9-5-4-6-10-17/h4-11,14-15,19H,3,12-13H2,1-2H3. The highest BCUT2D eigenvalue weighted by molar-refractivity contribution is 5.33. The lowest BCUT2D eigenvalue weighted by molar-refractivity contribution is 0.481. The van der Waals surface area contributed by atoms with Gasteiger partial charge >= 0.3 is 0 Å². The zero-order valence-corrected chi connectivity index (χ0v) is 12.3. The number of nitrogens with one attached hydrogen (secondary N) is 1. The highest BCUT2D eigenvalue weighted by Crippen LogP contribution is 2.22. The van der Waals surface area contributed by atoms with Crippen LogP contribution < -0.4 is 10.1 Å². The van der Waals surface area contributed by atoms with Gasteiger partial charge in [-0.05, 0) is 56.1 Å². The molecule has 0 aliphatic rings. The molecule has 1 unspecified atom stereocenters. The molecule has 0 bridgehead atoms. The molecular weight excluding hydrogens is 246 g/mol. The molecule has 0 amide bonds. The molecule has 2 rings (SSSR count). The van der Waals surface area contributed by atoms with E-state index >= 15 is 0 Å². The van der Waals surface area contributed by atoms with Crippen molar-refractivity contribution in [2.45, 2.75) is 32.7 Å². The second-order valence-corrected chi connectivity index (χ2v) is 5.06. The zero-order chi connectivity index (χ0) is 14.2. The first-order chi connectivity index (χ1) is 9.78. The molecule has 0 saturated carbocycles. The van der Waals surface area contributed by atoms with Gasteiger partial charge in [-0.25, -0.2) is 0 Å². The molecule has 2 aromatic rings. The molecule has 20 heavy (non-hydrogen) atoms. The number of hydrogen-bond acceptors (Lipinski definition) is 2. The minimum atomic E-state index is 0.554. The van der Waals surface area contributed by atoms with Gasteiger partial charge in [-0.2, -0.15) is 0 Å². The maximum Gasteiger partial charge on any atom is 0.127 e. The summed E-state index contributed by atoms with van der Waals surface area (Å²) in [6.45, 7) is 5.40. The molecule has 0 radical (unpaired) electrons. The predicted molar refractivity (Wildman–Crippen MR) is 84.4 cm³/mol. The van der Waals surface area contributed by atoms with Crippen LogP contribution in [-0.2, 0) is 6.42 Å². The number of ether oxygens (including phenoxy) is 1. The Kier molecular flexibility index (Phi) is 5.63. The second-order valence-electron chi connectivity index (χ2n) is 5.06. The Morgan fingerprint density at radius 2 is 1.75 bits per heavy atom. The van der Waals surface area contributed by atoms with Gasteiger partial charge in [0.25, 0.3) is 0 Å². The summed E-state index contributed by atoms with van der Waals surface area (Å²) in [5.41, 5.74) is 1.32. The summed E-state index contributed by atoms with van der Waals surface area (Å²) < 4.78 is 5.86. The molecule has 2 aromatic carbocycles. The lowest BCUT2D eigenvalue weighted by atomic mass is 10.1. The van der Waals surface area contributed by atoms with Gasteiger partial charge in [0.2, 0.25) is 0 Å². The Balaban J connectivity index is 1.94. The Bertz CT molecular complexity index is 510. The monoisotopic (exact) mass is 269 g/mol. The molecule has 0 saturated heterocycles. The summed E-state index contributed by atoms with van der Waals surface area (Å²) in [5, 5.41) is 3.44. The van der Waals surface area contributed by atoms with E-state index in [0.29, 0.717) is 6.04 Å². The third-order valence-electron chi connectivity index (χ3n) is 3.30. The molecule has 0 aliphatic carbocycles. The minimum Gasteiger partial charge on any atom is -0.457 e. The first-order valence-corrected chi connectivity index (χ1v) is 7.33. The van der Waals surface area contributed by atoms with Gasteiger partial charge in [0.15, 0.2) is 0 Å². The minimum absolute atomic E-state index is 0.554. The van der Waals surface area contributed by atoms with Crippen LogP contribution >= 0.6 is 0 Å². The first-order valence-electron chi connectivity index (χ1n) is 7.33. The fourth-order valence-electron chi connectivity index (χ4n) is 2.22. The van der Waals surface area contributed by atoms with Crippen molar-refractivity contribution in [1.82, 2.24) is 5.32 Å². The van der Waals surface area contributed by atoms with Gasteiger partial charge in [-0.15, -0.1) is 0 Å². The van der Waals surface area contributed by atoms with Crippen LogP contribution in [0.5, 0.6) is 11.5 Å². The lowest BCUT2D eigenvalue weighted by Crippen LogP contribution is -2.25. The van der Waals surface area contributed by atoms with Gasteiger partial charge in [0.1, 0.15) is 11.5 Å². The van der Waals surface area contributed by atoms with Crippen LogP contribution in [0.3, 0.4) is 0 Å². The number of aryl methyl sites for hydroxylation is 1. The number of hydrogen-bond donors (Lipinski definition) is 1. The average Bonchev–Trinajstić information content (AvgIpc) is 2.47. The van der Waals surface area contributed by atoms with Crippen molar-refractivity contribution in [2.75, 3.05) is 6.54 Å². The van der Waals surface area contributed by atoms with E-state index in [-0.39, 0.29) is 0 Å². The van der Waals surface area contributed by atoms with Gasteiger partial charge in [-0.1, -0.05) is 37.3 Å². The van der Waals surface area contributed by atoms with Crippen molar-refractivity contribution in [3.63, 3.8) is 0 Å². The zero-order valence-electron chi connectivity index (χ0n) is 12.3. The van der Waals surface area contributed by atoms with E-state index < -0.39 is 0 Å². The third kappa shape index (κ3) is 4.71. The maximum atomic E-state index is 5.86. The summed E-state index contributed by atoms with van der Waals surface area (Å²) in [6, 6.07) is 18.8. The third-order valence-corrected chi connectivity index (χ3v) is 3.30. The maximum absolute atomic E-state index is 5.86. The van der Waals surface area contributed by atoms with Crippen LogP contribution in [0, 0.1) is 0 Å². The Morgan fingerprint density at radius 1 is 1.00 bits per heavy atom. The fourth-order valence-corrected chi connectivity index (χ4v) is 2.22. The number of rotatable bonds is 7. The largest absolute Gasteiger partial charge is 0.457 e. The van der Waals surface area contributed by atoms with Crippen molar-refractivity contribution < 1.29 is 4.74 Å². The lowest BCUT2D eigenvalue weighted by Gasteiger charge is -2.12. The summed E-state index contributed by atoms with van der Waals surface area (Å²) in [5.74, 6) is 1.79. The predicted octanol–water partition coefficient (Wildman–Crippen LogP) is 4.41. The van der Waals surface area contributed by atoms with Crippen molar-refractivity contribution >= 4 is 0 Å². The smallest absolute Gasteiger partial charge is 0.127 e. The van der Waals surface area contributed by atoms with E-state index in [1.54, 1.807) is 0 Å².